The first-order valence-corrected chi connectivity index (χ1v) is 12.3. The van der Waals surface area contributed by atoms with E-state index in [-0.39, 0.29) is 22.8 Å². The van der Waals surface area contributed by atoms with E-state index in [9.17, 15) is 8.42 Å². The summed E-state index contributed by atoms with van der Waals surface area (Å²) in [6.45, 7) is 0. The molecule has 0 aromatic heterocycles. The molecule has 0 saturated carbocycles. The maximum Gasteiger partial charge on any atom is 0.261 e. The second-order valence-electron chi connectivity index (χ2n) is 7.83. The van der Waals surface area contributed by atoms with Crippen molar-refractivity contribution in [1.29, 1.82) is 0 Å². The first kappa shape index (κ1) is 20.4. The lowest BCUT2D eigenvalue weighted by atomic mass is 9.77. The molecular formula is C24H20Cl2N2O2S. The SMILES string of the molecule is O=S(=O)(Nc1ccccc1Cl)c1ccc2c(c1)[C@H]1C=CC[C@H]1[C@@H](c1ccccc1Cl)N2. The van der Waals surface area contributed by atoms with Gasteiger partial charge >= 0.3 is 0 Å². The fraction of sp³-hybridized carbons (Fsp3) is 0.167. The molecule has 0 spiro atoms. The maximum atomic E-state index is 13.0. The van der Waals surface area contributed by atoms with E-state index in [1.165, 1.54) is 0 Å². The smallest absolute Gasteiger partial charge is 0.261 e. The van der Waals surface area contributed by atoms with Crippen molar-refractivity contribution in [2.45, 2.75) is 23.3 Å². The van der Waals surface area contributed by atoms with Gasteiger partial charge in [-0.2, -0.15) is 0 Å². The van der Waals surface area contributed by atoms with Gasteiger partial charge < -0.3 is 5.32 Å². The van der Waals surface area contributed by atoms with Crippen LogP contribution in [0.25, 0.3) is 0 Å². The van der Waals surface area contributed by atoms with Crippen molar-refractivity contribution in [3.05, 3.63) is 100 Å². The molecule has 4 nitrogen and oxygen atoms in total. The zero-order valence-electron chi connectivity index (χ0n) is 16.4. The molecule has 1 heterocycles. The third-order valence-electron chi connectivity index (χ3n) is 6.00. The molecule has 2 N–H and O–H groups in total. The van der Waals surface area contributed by atoms with Crippen molar-refractivity contribution >= 4 is 44.6 Å². The lowest BCUT2D eigenvalue weighted by molar-refractivity contribution is 0.425. The average molecular weight is 471 g/mol. The highest BCUT2D eigenvalue weighted by Crippen LogP contribution is 2.51. The summed E-state index contributed by atoms with van der Waals surface area (Å²) in [5, 5.41) is 4.69. The van der Waals surface area contributed by atoms with Crippen LogP contribution in [-0.2, 0) is 10.0 Å². The molecule has 3 aromatic rings. The Morgan fingerprint density at radius 2 is 1.65 bits per heavy atom. The molecule has 0 amide bonds. The molecule has 3 atom stereocenters. The fourth-order valence-corrected chi connectivity index (χ4v) is 6.13. The molecule has 0 saturated heterocycles. The number of hydrogen-bond donors (Lipinski definition) is 2. The summed E-state index contributed by atoms with van der Waals surface area (Å²) in [5.74, 6) is 0.384. The Kier molecular flexibility index (Phi) is 5.21. The summed E-state index contributed by atoms with van der Waals surface area (Å²) in [7, 11) is -3.78. The van der Waals surface area contributed by atoms with Crippen LogP contribution in [-0.4, -0.2) is 8.42 Å². The Balaban J connectivity index is 1.52. The molecule has 1 aliphatic heterocycles. The summed E-state index contributed by atoms with van der Waals surface area (Å²) >= 11 is 12.6. The average Bonchev–Trinajstić information content (AvgIpc) is 3.25. The van der Waals surface area contributed by atoms with Gasteiger partial charge in [-0.05, 0) is 59.9 Å². The molecule has 31 heavy (non-hydrogen) atoms. The van der Waals surface area contributed by atoms with Gasteiger partial charge in [-0.25, -0.2) is 8.42 Å². The summed E-state index contributed by atoms with van der Waals surface area (Å²) in [4.78, 5) is 0.211. The van der Waals surface area contributed by atoms with Crippen LogP contribution < -0.4 is 10.0 Å². The number of para-hydroxylation sites is 1. The maximum absolute atomic E-state index is 13.0. The van der Waals surface area contributed by atoms with E-state index in [0.717, 1.165) is 28.3 Å². The number of allylic oxidation sites excluding steroid dienone is 2. The van der Waals surface area contributed by atoms with Crippen LogP contribution in [0.15, 0.2) is 83.8 Å². The normalized spacial score (nSPS) is 21.8. The molecular weight excluding hydrogens is 451 g/mol. The standard InChI is InChI=1S/C24H20Cl2N2O2S/c25-20-9-2-1-6-18(20)24-17-8-5-7-16(17)19-14-15(12-13-22(19)27-24)31(29,30)28-23-11-4-3-10-21(23)26/h1-7,9-14,16-17,24,27-28H,8H2/t16-,17+,24-/m0/s1. The van der Waals surface area contributed by atoms with Gasteiger partial charge in [-0.1, -0.05) is 65.7 Å². The Morgan fingerprint density at radius 3 is 2.42 bits per heavy atom. The van der Waals surface area contributed by atoms with Crippen LogP contribution in [0.1, 0.15) is 29.5 Å². The third-order valence-corrected chi connectivity index (χ3v) is 8.04. The summed E-state index contributed by atoms with van der Waals surface area (Å²) < 4.78 is 28.7. The number of anilines is 2. The summed E-state index contributed by atoms with van der Waals surface area (Å²) in [6, 6.07) is 19.9. The zero-order chi connectivity index (χ0) is 21.6. The Labute approximate surface area is 192 Å². The van der Waals surface area contributed by atoms with Gasteiger partial charge in [0.15, 0.2) is 0 Å². The number of sulfonamides is 1. The summed E-state index contributed by atoms with van der Waals surface area (Å²) in [6.07, 6.45) is 5.24. The molecule has 1 aliphatic carbocycles. The predicted octanol–water partition coefficient (Wildman–Crippen LogP) is 6.62. The Bertz CT molecular complexity index is 1290. The van der Waals surface area contributed by atoms with Gasteiger partial charge in [0.25, 0.3) is 10.0 Å². The van der Waals surface area contributed by atoms with Gasteiger partial charge in [-0.3, -0.25) is 4.72 Å². The number of rotatable bonds is 4. The second-order valence-corrected chi connectivity index (χ2v) is 10.3. The zero-order valence-corrected chi connectivity index (χ0v) is 18.8. The number of benzene rings is 3. The minimum Gasteiger partial charge on any atom is -0.378 e. The van der Waals surface area contributed by atoms with Crippen LogP contribution in [0.5, 0.6) is 0 Å². The minimum absolute atomic E-state index is 0.0601. The fourth-order valence-electron chi connectivity index (χ4n) is 4.52. The van der Waals surface area contributed by atoms with Gasteiger partial charge in [-0.15, -0.1) is 0 Å². The molecule has 2 aliphatic rings. The van der Waals surface area contributed by atoms with E-state index in [1.807, 2.05) is 30.3 Å². The molecule has 7 heteroatoms. The number of halogens is 2. The monoisotopic (exact) mass is 470 g/mol. The highest BCUT2D eigenvalue weighted by atomic mass is 35.5. The van der Waals surface area contributed by atoms with Crippen molar-refractivity contribution in [3.8, 4) is 0 Å². The van der Waals surface area contributed by atoms with Crippen LogP contribution in [0, 0.1) is 5.92 Å². The number of nitrogens with one attached hydrogen (secondary N) is 2. The van der Waals surface area contributed by atoms with E-state index in [0.29, 0.717) is 10.7 Å². The van der Waals surface area contributed by atoms with E-state index >= 15 is 0 Å². The first-order chi connectivity index (χ1) is 14.9. The van der Waals surface area contributed by atoms with Crippen molar-refractivity contribution in [1.82, 2.24) is 0 Å². The molecule has 158 valence electrons. The molecule has 0 radical (unpaired) electrons. The molecule has 0 unspecified atom stereocenters. The molecule has 0 fully saturated rings. The largest absolute Gasteiger partial charge is 0.378 e. The van der Waals surface area contributed by atoms with E-state index < -0.39 is 10.0 Å². The predicted molar refractivity (Wildman–Crippen MR) is 127 cm³/mol. The minimum atomic E-state index is -3.78. The van der Waals surface area contributed by atoms with Crippen molar-refractivity contribution < 1.29 is 8.42 Å². The van der Waals surface area contributed by atoms with E-state index in [2.05, 4.69) is 22.2 Å². The quantitative estimate of drug-likeness (QED) is 0.421. The van der Waals surface area contributed by atoms with Gasteiger partial charge in [0.1, 0.15) is 0 Å². The van der Waals surface area contributed by atoms with Crippen LogP contribution in [0.3, 0.4) is 0 Å². The van der Waals surface area contributed by atoms with Gasteiger partial charge in [0.05, 0.1) is 21.6 Å². The summed E-state index contributed by atoms with van der Waals surface area (Å²) in [5.41, 5.74) is 3.32. The van der Waals surface area contributed by atoms with E-state index in [1.54, 1.807) is 36.4 Å². The first-order valence-electron chi connectivity index (χ1n) is 10.0. The van der Waals surface area contributed by atoms with Crippen LogP contribution in [0.4, 0.5) is 11.4 Å². The second kappa shape index (κ2) is 7.90. The van der Waals surface area contributed by atoms with Crippen molar-refractivity contribution in [2.24, 2.45) is 5.92 Å². The number of fused-ring (bicyclic) bond motifs is 3. The topological polar surface area (TPSA) is 58.2 Å². The van der Waals surface area contributed by atoms with Crippen LogP contribution >= 0.6 is 23.2 Å². The lowest BCUT2D eigenvalue weighted by Crippen LogP contribution is -2.29. The lowest BCUT2D eigenvalue weighted by Gasteiger charge is -2.38. The Hall–Kier alpha value is -2.47. The number of hydrogen-bond acceptors (Lipinski definition) is 3. The van der Waals surface area contributed by atoms with Crippen molar-refractivity contribution in [2.75, 3.05) is 10.0 Å². The van der Waals surface area contributed by atoms with Crippen LogP contribution in [0.2, 0.25) is 10.0 Å². The molecule has 3 aromatic carbocycles. The van der Waals surface area contributed by atoms with Gasteiger partial charge in [0.2, 0.25) is 0 Å². The van der Waals surface area contributed by atoms with Crippen molar-refractivity contribution in [3.63, 3.8) is 0 Å². The van der Waals surface area contributed by atoms with Gasteiger partial charge in [0, 0.05) is 16.6 Å². The van der Waals surface area contributed by atoms with E-state index in [4.69, 9.17) is 23.2 Å². The molecule has 0 bridgehead atoms. The third kappa shape index (κ3) is 3.71. The highest BCUT2D eigenvalue weighted by molar-refractivity contribution is 7.92. The highest BCUT2D eigenvalue weighted by Gasteiger charge is 2.39. The molecule has 5 rings (SSSR count). The Morgan fingerprint density at radius 1 is 0.903 bits per heavy atom.